The molecule has 0 spiro atoms. The molecule has 0 amide bonds. The zero-order valence-corrected chi connectivity index (χ0v) is 28.6. The van der Waals surface area contributed by atoms with Gasteiger partial charge in [-0.15, -0.1) is 11.8 Å². The normalized spacial score (nSPS) is 16.4. The minimum absolute atomic E-state index is 0.465. The first-order chi connectivity index (χ1) is 25.3. The van der Waals surface area contributed by atoms with Crippen LogP contribution in [0.25, 0.3) is 77.2 Å². The Kier molecular flexibility index (Phi) is 6.34. The Hall–Kier alpha value is -6.03. The highest BCUT2D eigenvalue weighted by Gasteiger charge is 2.32. The molecule has 0 saturated heterocycles. The maximum Gasteiger partial charge on any atom is 0.0542 e. The van der Waals surface area contributed by atoms with Gasteiger partial charge >= 0.3 is 0 Å². The van der Waals surface area contributed by atoms with E-state index in [4.69, 9.17) is 0 Å². The predicted octanol–water partition coefficient (Wildman–Crippen LogP) is 12.9. The average molecular weight is 669 g/mol. The Morgan fingerprint density at radius 1 is 0.412 bits per heavy atom. The van der Waals surface area contributed by atoms with Crippen molar-refractivity contribution in [1.82, 2.24) is 9.13 Å². The Balaban J connectivity index is 0.994. The van der Waals surface area contributed by atoms with Crippen molar-refractivity contribution in [3.63, 3.8) is 0 Å². The fourth-order valence-electron chi connectivity index (χ4n) is 8.54. The molecule has 0 radical (unpaired) electrons. The number of allylic oxidation sites excluding steroid dienone is 3. The molecule has 0 bridgehead atoms. The number of fused-ring (bicyclic) bond motifs is 9. The molecule has 2 unspecified atom stereocenters. The molecule has 51 heavy (non-hydrogen) atoms. The molecule has 9 aromatic rings. The van der Waals surface area contributed by atoms with Crippen LogP contribution < -0.4 is 0 Å². The number of hydrogen-bond donors (Lipinski definition) is 0. The van der Waals surface area contributed by atoms with E-state index < -0.39 is 0 Å². The van der Waals surface area contributed by atoms with E-state index >= 15 is 0 Å². The topological polar surface area (TPSA) is 9.86 Å². The van der Waals surface area contributed by atoms with Gasteiger partial charge in [-0.3, -0.25) is 0 Å². The van der Waals surface area contributed by atoms with Gasteiger partial charge in [0.15, 0.2) is 0 Å². The standard InChI is InChI=1S/C48H32N2S/c1-5-19-43-37(13-1)38-14-2-6-20-44(38)50(43)35-27-28-46-42(30-35)39-15-3-7-21-45(39)49(46)34-25-23-31(24-26-34)32-11-9-12-33(29-32)36-17-10-18-41-40-16-4-8-22-47(40)51-48(36)41/h1-30,40,47H. The molecule has 2 atom stereocenters. The van der Waals surface area contributed by atoms with E-state index in [1.165, 1.54) is 82.0 Å². The van der Waals surface area contributed by atoms with Gasteiger partial charge in [-0.25, -0.2) is 0 Å². The van der Waals surface area contributed by atoms with Crippen molar-refractivity contribution in [2.24, 2.45) is 0 Å². The quantitative estimate of drug-likeness (QED) is 0.181. The molecular weight excluding hydrogens is 637 g/mol. The van der Waals surface area contributed by atoms with Crippen LogP contribution in [-0.2, 0) is 0 Å². The fourth-order valence-corrected chi connectivity index (χ4v) is 10.0. The Labute approximate surface area is 300 Å². The van der Waals surface area contributed by atoms with Crippen molar-refractivity contribution in [3.05, 3.63) is 188 Å². The minimum atomic E-state index is 0.465. The number of para-hydroxylation sites is 3. The number of rotatable bonds is 4. The molecule has 0 saturated carbocycles. The van der Waals surface area contributed by atoms with Crippen LogP contribution in [-0.4, -0.2) is 14.4 Å². The molecule has 1 aliphatic heterocycles. The van der Waals surface area contributed by atoms with Gasteiger partial charge in [0.05, 0.1) is 22.1 Å². The van der Waals surface area contributed by atoms with E-state index in [1.54, 1.807) is 0 Å². The average Bonchev–Trinajstić information content (AvgIpc) is 3.86. The Bertz CT molecular complexity index is 2850. The fraction of sp³-hybridized carbons (Fsp3) is 0.0417. The SMILES string of the molecule is C1=CC2Sc3c(-c4cccc(-c5ccc(-n6c7ccccc7c7cc(-n8c9ccccc9c9ccccc98)ccc76)cc5)c4)cccc3C2C=C1. The number of aromatic nitrogens is 2. The molecule has 7 aromatic carbocycles. The number of benzene rings is 7. The third kappa shape index (κ3) is 4.38. The highest BCUT2D eigenvalue weighted by Crippen LogP contribution is 2.51. The van der Waals surface area contributed by atoms with Crippen molar-refractivity contribution >= 4 is 55.4 Å². The summed E-state index contributed by atoms with van der Waals surface area (Å²) >= 11 is 2.00. The van der Waals surface area contributed by atoms with Gasteiger partial charge in [-0.05, 0) is 82.4 Å². The summed E-state index contributed by atoms with van der Waals surface area (Å²) in [6, 6.07) is 58.1. The van der Waals surface area contributed by atoms with E-state index in [-0.39, 0.29) is 0 Å². The van der Waals surface area contributed by atoms with E-state index in [0.29, 0.717) is 11.2 Å². The second kappa shape index (κ2) is 11.2. The van der Waals surface area contributed by atoms with Gasteiger partial charge < -0.3 is 9.13 Å². The largest absolute Gasteiger partial charge is 0.309 e. The molecule has 2 aliphatic rings. The summed E-state index contributed by atoms with van der Waals surface area (Å²) in [5.74, 6) is 0.465. The molecule has 240 valence electrons. The monoisotopic (exact) mass is 668 g/mol. The van der Waals surface area contributed by atoms with Crippen molar-refractivity contribution < 1.29 is 0 Å². The van der Waals surface area contributed by atoms with Gasteiger partial charge in [-0.2, -0.15) is 0 Å². The summed E-state index contributed by atoms with van der Waals surface area (Å²) in [6.07, 6.45) is 9.08. The summed E-state index contributed by atoms with van der Waals surface area (Å²) < 4.78 is 4.82. The highest BCUT2D eigenvalue weighted by atomic mass is 32.2. The number of thioether (sulfide) groups is 1. The maximum atomic E-state index is 2.41. The second-order valence-electron chi connectivity index (χ2n) is 13.7. The van der Waals surface area contributed by atoms with Crippen LogP contribution in [0, 0.1) is 0 Å². The van der Waals surface area contributed by atoms with Crippen LogP contribution in [0.2, 0.25) is 0 Å². The Morgan fingerprint density at radius 2 is 1.00 bits per heavy atom. The van der Waals surface area contributed by atoms with E-state index in [1.807, 2.05) is 11.8 Å². The molecule has 0 fully saturated rings. The summed E-state index contributed by atoms with van der Waals surface area (Å²) in [5.41, 5.74) is 13.7. The highest BCUT2D eigenvalue weighted by molar-refractivity contribution is 8.00. The zero-order chi connectivity index (χ0) is 33.5. The molecule has 3 heteroatoms. The van der Waals surface area contributed by atoms with E-state index in [9.17, 15) is 0 Å². The molecule has 3 heterocycles. The van der Waals surface area contributed by atoms with Crippen LogP contribution in [0.1, 0.15) is 11.5 Å². The summed E-state index contributed by atoms with van der Waals surface area (Å²) in [6.45, 7) is 0. The molecule has 11 rings (SSSR count). The van der Waals surface area contributed by atoms with Gasteiger partial charge in [0, 0.05) is 49.0 Å². The van der Waals surface area contributed by atoms with Crippen molar-refractivity contribution in [2.45, 2.75) is 16.1 Å². The molecular formula is C48H32N2S. The summed E-state index contributed by atoms with van der Waals surface area (Å²) in [7, 11) is 0. The molecule has 1 aliphatic carbocycles. The van der Waals surface area contributed by atoms with Crippen molar-refractivity contribution in [3.8, 4) is 33.6 Å². The zero-order valence-electron chi connectivity index (χ0n) is 27.8. The second-order valence-corrected chi connectivity index (χ2v) is 14.8. The lowest BCUT2D eigenvalue weighted by Crippen LogP contribution is -2.06. The first-order valence-corrected chi connectivity index (χ1v) is 18.6. The predicted molar refractivity (Wildman–Crippen MR) is 217 cm³/mol. The smallest absolute Gasteiger partial charge is 0.0542 e. The van der Waals surface area contributed by atoms with Crippen molar-refractivity contribution in [2.75, 3.05) is 0 Å². The van der Waals surface area contributed by atoms with Crippen LogP contribution in [0.5, 0.6) is 0 Å². The van der Waals surface area contributed by atoms with Crippen LogP contribution in [0.3, 0.4) is 0 Å². The van der Waals surface area contributed by atoms with Crippen LogP contribution in [0.15, 0.2) is 187 Å². The molecule has 0 N–H and O–H groups in total. The maximum absolute atomic E-state index is 2.41. The van der Waals surface area contributed by atoms with Gasteiger partial charge in [0.25, 0.3) is 0 Å². The first kappa shape index (κ1) is 28.8. The molecule has 2 aromatic heterocycles. The van der Waals surface area contributed by atoms with Gasteiger partial charge in [0.1, 0.15) is 0 Å². The van der Waals surface area contributed by atoms with Gasteiger partial charge in [0.2, 0.25) is 0 Å². The molecule has 2 nitrogen and oxygen atoms in total. The summed E-state index contributed by atoms with van der Waals surface area (Å²) in [5, 5.41) is 5.55. The third-order valence-electron chi connectivity index (χ3n) is 10.9. The number of nitrogens with zero attached hydrogens (tertiary/aromatic N) is 2. The lowest BCUT2D eigenvalue weighted by Gasteiger charge is -2.14. The third-order valence-corrected chi connectivity index (χ3v) is 12.3. The Morgan fingerprint density at radius 3 is 1.75 bits per heavy atom. The van der Waals surface area contributed by atoms with Gasteiger partial charge in [-0.1, -0.05) is 127 Å². The lowest BCUT2D eigenvalue weighted by molar-refractivity contribution is 0.881. The van der Waals surface area contributed by atoms with Crippen LogP contribution >= 0.6 is 11.8 Å². The van der Waals surface area contributed by atoms with E-state index in [0.717, 1.165) is 5.69 Å². The van der Waals surface area contributed by atoms with E-state index in [2.05, 4.69) is 191 Å². The number of hydrogen-bond acceptors (Lipinski definition) is 1. The van der Waals surface area contributed by atoms with Crippen molar-refractivity contribution in [1.29, 1.82) is 0 Å². The van der Waals surface area contributed by atoms with Crippen LogP contribution in [0.4, 0.5) is 0 Å². The first-order valence-electron chi connectivity index (χ1n) is 17.7. The lowest BCUT2D eigenvalue weighted by atomic mass is 9.90. The summed E-state index contributed by atoms with van der Waals surface area (Å²) in [4.78, 5) is 1.42. The minimum Gasteiger partial charge on any atom is -0.309 e.